The fourth-order valence-electron chi connectivity index (χ4n) is 7.74. The number of aromatic carboxylic acids is 2. The van der Waals surface area contributed by atoms with Crippen molar-refractivity contribution in [2.75, 3.05) is 23.9 Å². The minimum atomic E-state index is -1.14. The van der Waals surface area contributed by atoms with Crippen LogP contribution in [0.2, 0.25) is 10.0 Å². The molecule has 266 valence electrons. The van der Waals surface area contributed by atoms with Crippen molar-refractivity contribution in [2.24, 2.45) is 5.41 Å². The minimum Gasteiger partial charge on any atom is -0.495 e. The van der Waals surface area contributed by atoms with Crippen molar-refractivity contribution in [3.8, 4) is 5.75 Å². The first kappa shape index (κ1) is 36.2. The van der Waals surface area contributed by atoms with Crippen LogP contribution < -0.4 is 20.3 Å². The number of benzene rings is 4. The zero-order valence-corrected chi connectivity index (χ0v) is 30.0. The van der Waals surface area contributed by atoms with Gasteiger partial charge in [0, 0.05) is 41.2 Å². The maximum Gasteiger partial charge on any atom is 0.335 e. The third kappa shape index (κ3) is 6.88. The third-order valence-corrected chi connectivity index (χ3v) is 10.4. The lowest BCUT2D eigenvalue weighted by Gasteiger charge is -2.40. The molecule has 1 fully saturated rings. The first-order valence-corrected chi connectivity index (χ1v) is 17.2. The topological polar surface area (TPSA) is 128 Å². The summed E-state index contributed by atoms with van der Waals surface area (Å²) in [6.07, 6.45) is 0.606. The van der Waals surface area contributed by atoms with Gasteiger partial charge in [0.1, 0.15) is 11.6 Å². The van der Waals surface area contributed by atoms with Crippen LogP contribution in [0.25, 0.3) is 0 Å². The molecule has 9 nitrogen and oxygen atoms in total. The number of halogens is 3. The Kier molecular flexibility index (Phi) is 9.80. The van der Waals surface area contributed by atoms with Crippen LogP contribution in [0.5, 0.6) is 5.75 Å². The van der Waals surface area contributed by atoms with Crippen molar-refractivity contribution in [1.29, 1.82) is 0 Å². The van der Waals surface area contributed by atoms with Crippen LogP contribution in [0.1, 0.15) is 70.5 Å². The molecule has 1 saturated heterocycles. The van der Waals surface area contributed by atoms with Crippen LogP contribution >= 0.6 is 23.2 Å². The average molecular weight is 735 g/mol. The molecule has 0 aliphatic carbocycles. The molecule has 2 aliphatic heterocycles. The largest absolute Gasteiger partial charge is 0.495 e. The average Bonchev–Trinajstić information content (AvgIpc) is 3.55. The van der Waals surface area contributed by atoms with Crippen molar-refractivity contribution in [2.45, 2.75) is 57.2 Å². The number of ether oxygens (including phenoxy) is 1. The SMILES string of the molecule is COc1cc(C(=O)O)ccc1NC(=O)[C@@H]1N[C@@H](CC(C)(C)C)[C@@]2(CN(Cc3ccc(C(=O)O)cc3)c3cc(Cl)ccc32)[C@H]1c1cccc(Cl)c1F. The predicted octanol–water partition coefficient (Wildman–Crippen LogP) is 7.99. The highest BCUT2D eigenvalue weighted by Crippen LogP contribution is 2.58. The molecule has 4 aromatic carbocycles. The Morgan fingerprint density at radius 2 is 1.67 bits per heavy atom. The summed E-state index contributed by atoms with van der Waals surface area (Å²) in [6.45, 7) is 7.09. The van der Waals surface area contributed by atoms with Gasteiger partial charge in [0.05, 0.1) is 35.0 Å². The monoisotopic (exact) mass is 733 g/mol. The van der Waals surface area contributed by atoms with Crippen LogP contribution in [0.3, 0.4) is 0 Å². The van der Waals surface area contributed by atoms with Crippen molar-refractivity contribution in [3.63, 3.8) is 0 Å². The molecule has 6 rings (SSSR count). The smallest absolute Gasteiger partial charge is 0.335 e. The summed E-state index contributed by atoms with van der Waals surface area (Å²) in [4.78, 5) is 39.9. The van der Waals surface area contributed by atoms with Crippen molar-refractivity contribution < 1.29 is 33.7 Å². The second kappa shape index (κ2) is 13.8. The first-order chi connectivity index (χ1) is 24.1. The summed E-state index contributed by atoms with van der Waals surface area (Å²) in [6, 6.07) is 19.9. The molecule has 4 N–H and O–H groups in total. The van der Waals surface area contributed by atoms with Crippen LogP contribution in [0.15, 0.2) is 78.9 Å². The summed E-state index contributed by atoms with van der Waals surface area (Å²) in [5.41, 5.74) is 2.15. The van der Waals surface area contributed by atoms with E-state index in [2.05, 4.69) is 36.3 Å². The van der Waals surface area contributed by atoms with Crippen molar-refractivity contribution in [3.05, 3.63) is 123 Å². The van der Waals surface area contributed by atoms with Gasteiger partial charge >= 0.3 is 11.9 Å². The van der Waals surface area contributed by atoms with Crippen LogP contribution in [0.4, 0.5) is 15.8 Å². The normalized spacial score (nSPS) is 21.1. The number of nitrogens with one attached hydrogen (secondary N) is 2. The van der Waals surface area contributed by atoms with E-state index in [9.17, 15) is 24.6 Å². The Bertz CT molecular complexity index is 2020. The zero-order valence-electron chi connectivity index (χ0n) is 28.5. The second-order valence-corrected chi connectivity index (χ2v) is 15.2. The van der Waals surface area contributed by atoms with Crippen molar-refractivity contribution in [1.82, 2.24) is 5.32 Å². The molecule has 0 radical (unpaired) electrons. The van der Waals surface area contributed by atoms with Gasteiger partial charge in [-0.15, -0.1) is 0 Å². The quantitative estimate of drug-likeness (QED) is 0.136. The van der Waals surface area contributed by atoms with E-state index in [1.807, 2.05) is 12.1 Å². The van der Waals surface area contributed by atoms with Crippen LogP contribution in [-0.4, -0.2) is 53.8 Å². The second-order valence-electron chi connectivity index (χ2n) is 14.4. The third-order valence-electron chi connectivity index (χ3n) is 9.84. The van der Waals surface area contributed by atoms with E-state index in [-0.39, 0.29) is 44.6 Å². The predicted molar refractivity (Wildman–Crippen MR) is 195 cm³/mol. The number of anilines is 2. The molecule has 1 spiro atoms. The zero-order chi connectivity index (χ0) is 36.8. The molecule has 0 bridgehead atoms. The molecular formula is C39H38Cl2FN3O6. The minimum absolute atomic E-state index is 0.00850. The number of carbonyl (C=O) groups is 3. The van der Waals surface area contributed by atoms with Crippen LogP contribution in [0, 0.1) is 11.2 Å². The molecule has 51 heavy (non-hydrogen) atoms. The number of fused-ring (bicyclic) bond motifs is 2. The molecule has 12 heteroatoms. The lowest BCUT2D eigenvalue weighted by atomic mass is 9.63. The number of hydrogen-bond acceptors (Lipinski definition) is 6. The standard InChI is InChI=1S/C39H38Cl2FN3O6/c1-38(2,3)18-31-39(20-45(29-17-24(40)13-14-26(29)39)19-21-8-10-22(11-9-21)36(47)48)32(25-6-5-7-27(41)33(25)42)34(44-31)35(46)43-28-15-12-23(37(49)50)16-30(28)51-4/h5-17,31-32,34,44H,18-20H2,1-4H3,(H,43,46)(H,47,48)(H,49,50)/t31-,32-,34+,39-/m0/s1. The van der Waals surface area contributed by atoms with Gasteiger partial charge < -0.3 is 30.5 Å². The van der Waals surface area contributed by atoms with E-state index in [0.29, 0.717) is 24.5 Å². The molecule has 4 atom stereocenters. The van der Waals surface area contributed by atoms with Gasteiger partial charge in [0.25, 0.3) is 0 Å². The fourth-order valence-corrected chi connectivity index (χ4v) is 8.08. The van der Waals surface area contributed by atoms with Gasteiger partial charge in [-0.2, -0.15) is 0 Å². The summed E-state index contributed by atoms with van der Waals surface area (Å²) in [5.74, 6) is -3.88. The lowest BCUT2D eigenvalue weighted by molar-refractivity contribution is -0.118. The Labute approximate surface area is 305 Å². The molecule has 1 amide bonds. The lowest BCUT2D eigenvalue weighted by Crippen LogP contribution is -2.48. The maximum absolute atomic E-state index is 16.4. The Hall–Kier alpha value is -4.64. The highest BCUT2D eigenvalue weighted by atomic mass is 35.5. The van der Waals surface area contributed by atoms with Crippen LogP contribution in [-0.2, 0) is 16.8 Å². The number of methoxy groups -OCH3 is 1. The van der Waals surface area contributed by atoms with E-state index in [1.54, 1.807) is 42.5 Å². The van der Waals surface area contributed by atoms with Gasteiger partial charge in [-0.3, -0.25) is 4.79 Å². The van der Waals surface area contributed by atoms with Gasteiger partial charge in [-0.25, -0.2) is 14.0 Å². The summed E-state index contributed by atoms with van der Waals surface area (Å²) in [7, 11) is 1.38. The van der Waals surface area contributed by atoms with E-state index in [0.717, 1.165) is 16.8 Å². The van der Waals surface area contributed by atoms with Gasteiger partial charge in [0.15, 0.2) is 0 Å². The Morgan fingerprint density at radius 3 is 2.31 bits per heavy atom. The number of carbonyl (C=O) groups excluding carboxylic acids is 1. The highest BCUT2D eigenvalue weighted by Gasteiger charge is 2.63. The molecule has 2 aliphatic rings. The van der Waals surface area contributed by atoms with Gasteiger partial charge in [-0.1, -0.05) is 74.3 Å². The molecular weight excluding hydrogens is 696 g/mol. The molecule has 0 aromatic heterocycles. The number of carboxylic acid groups (broad SMARTS) is 2. The van der Waals surface area contributed by atoms with Gasteiger partial charge in [-0.05, 0) is 77.1 Å². The van der Waals surface area contributed by atoms with Crippen molar-refractivity contribution >= 4 is 52.4 Å². The highest BCUT2D eigenvalue weighted by molar-refractivity contribution is 6.31. The van der Waals surface area contributed by atoms with E-state index in [1.165, 1.54) is 31.4 Å². The number of carboxylic acids is 2. The number of hydrogen-bond donors (Lipinski definition) is 4. The molecule has 0 unspecified atom stereocenters. The fraction of sp³-hybridized carbons (Fsp3) is 0.308. The summed E-state index contributed by atoms with van der Waals surface area (Å²) >= 11 is 13.0. The van der Waals surface area contributed by atoms with E-state index >= 15 is 4.39 Å². The first-order valence-electron chi connectivity index (χ1n) is 16.4. The van der Waals surface area contributed by atoms with E-state index in [4.69, 9.17) is 27.9 Å². The number of amides is 1. The van der Waals surface area contributed by atoms with Gasteiger partial charge in [0.2, 0.25) is 5.91 Å². The number of nitrogens with zero attached hydrogens (tertiary/aromatic N) is 1. The molecule has 2 heterocycles. The Morgan fingerprint density at radius 1 is 0.980 bits per heavy atom. The summed E-state index contributed by atoms with van der Waals surface area (Å²) in [5, 5.41) is 26.0. The summed E-state index contributed by atoms with van der Waals surface area (Å²) < 4.78 is 21.8. The molecule has 4 aromatic rings. The number of rotatable bonds is 9. The maximum atomic E-state index is 16.4. The molecule has 0 saturated carbocycles. The van der Waals surface area contributed by atoms with E-state index < -0.39 is 41.0 Å². The Balaban J connectivity index is 1.52.